The second kappa shape index (κ2) is 7.63. The Bertz CT molecular complexity index is 1050. The topological polar surface area (TPSA) is 80.6 Å². The molecule has 1 heterocycles. The van der Waals surface area contributed by atoms with Crippen LogP contribution in [0.25, 0.3) is 10.8 Å². The Morgan fingerprint density at radius 2 is 2.00 bits per heavy atom. The van der Waals surface area contributed by atoms with E-state index in [4.69, 9.17) is 4.74 Å². The molecule has 1 amide bonds. The first-order chi connectivity index (χ1) is 12.9. The SMILES string of the molecule is COc1ccc(C(=O)Nc2cccc3c(=O)n(CC(C)O)ccc23)c(C)c1. The zero-order chi connectivity index (χ0) is 19.6. The molecule has 1 atom stereocenters. The van der Waals surface area contributed by atoms with Crippen molar-refractivity contribution in [1.29, 1.82) is 0 Å². The number of rotatable bonds is 5. The molecule has 0 radical (unpaired) electrons. The lowest BCUT2D eigenvalue weighted by Crippen LogP contribution is -2.25. The highest BCUT2D eigenvalue weighted by Crippen LogP contribution is 2.23. The normalized spacial score (nSPS) is 12.0. The monoisotopic (exact) mass is 366 g/mol. The highest BCUT2D eigenvalue weighted by molar-refractivity contribution is 6.09. The van der Waals surface area contributed by atoms with E-state index in [0.717, 1.165) is 5.56 Å². The average molecular weight is 366 g/mol. The number of aryl methyl sites for hydroxylation is 1. The highest BCUT2D eigenvalue weighted by Gasteiger charge is 2.13. The van der Waals surface area contributed by atoms with Crippen LogP contribution in [0, 0.1) is 6.92 Å². The number of methoxy groups -OCH3 is 1. The Kier molecular flexibility index (Phi) is 5.28. The standard InChI is InChI=1S/C21H22N2O4/c1-13-11-15(27-3)7-8-16(13)20(25)22-19-6-4-5-18-17(19)9-10-23(21(18)26)12-14(2)24/h4-11,14,24H,12H2,1-3H3,(H,22,25). The number of benzene rings is 2. The van der Waals surface area contributed by atoms with Crippen LogP contribution in [0.1, 0.15) is 22.8 Å². The van der Waals surface area contributed by atoms with Crippen molar-refractivity contribution in [3.05, 3.63) is 70.1 Å². The molecular weight excluding hydrogens is 344 g/mol. The molecule has 6 nitrogen and oxygen atoms in total. The van der Waals surface area contributed by atoms with Gasteiger partial charge in [0.25, 0.3) is 11.5 Å². The number of aliphatic hydroxyl groups is 1. The summed E-state index contributed by atoms with van der Waals surface area (Å²) >= 11 is 0. The van der Waals surface area contributed by atoms with Crippen molar-refractivity contribution >= 4 is 22.4 Å². The first kappa shape index (κ1) is 18.7. The molecule has 0 aliphatic rings. The summed E-state index contributed by atoms with van der Waals surface area (Å²) in [4.78, 5) is 25.3. The molecule has 1 unspecified atom stereocenters. The number of carbonyl (C=O) groups is 1. The number of aliphatic hydroxyl groups excluding tert-OH is 1. The van der Waals surface area contributed by atoms with Crippen LogP contribution in [0.15, 0.2) is 53.5 Å². The zero-order valence-corrected chi connectivity index (χ0v) is 15.5. The first-order valence-electron chi connectivity index (χ1n) is 8.67. The first-order valence-corrected chi connectivity index (χ1v) is 8.67. The summed E-state index contributed by atoms with van der Waals surface area (Å²) in [6.07, 6.45) is 1.01. The molecule has 0 saturated carbocycles. The molecule has 3 rings (SSSR count). The van der Waals surface area contributed by atoms with E-state index >= 15 is 0 Å². The second-order valence-electron chi connectivity index (χ2n) is 6.52. The van der Waals surface area contributed by atoms with E-state index in [1.54, 1.807) is 62.7 Å². The fraction of sp³-hybridized carbons (Fsp3) is 0.238. The summed E-state index contributed by atoms with van der Waals surface area (Å²) in [5, 5.41) is 13.6. The van der Waals surface area contributed by atoms with E-state index in [1.807, 2.05) is 6.92 Å². The zero-order valence-electron chi connectivity index (χ0n) is 15.5. The van der Waals surface area contributed by atoms with Crippen molar-refractivity contribution in [2.45, 2.75) is 26.5 Å². The molecule has 140 valence electrons. The number of anilines is 1. The molecule has 27 heavy (non-hydrogen) atoms. The number of carbonyl (C=O) groups excluding carboxylic acids is 1. The van der Waals surface area contributed by atoms with E-state index in [1.165, 1.54) is 4.57 Å². The van der Waals surface area contributed by atoms with Crippen molar-refractivity contribution in [1.82, 2.24) is 4.57 Å². The summed E-state index contributed by atoms with van der Waals surface area (Å²) in [6.45, 7) is 3.69. The third kappa shape index (κ3) is 3.85. The summed E-state index contributed by atoms with van der Waals surface area (Å²) in [5.74, 6) is 0.434. The van der Waals surface area contributed by atoms with Crippen LogP contribution in [0.4, 0.5) is 5.69 Å². The van der Waals surface area contributed by atoms with E-state index in [2.05, 4.69) is 5.32 Å². The minimum Gasteiger partial charge on any atom is -0.497 e. The van der Waals surface area contributed by atoms with Crippen molar-refractivity contribution in [2.24, 2.45) is 0 Å². The van der Waals surface area contributed by atoms with E-state index in [9.17, 15) is 14.7 Å². The van der Waals surface area contributed by atoms with Crippen molar-refractivity contribution in [3.8, 4) is 5.75 Å². The molecule has 3 aromatic rings. The van der Waals surface area contributed by atoms with Gasteiger partial charge in [-0.2, -0.15) is 0 Å². The predicted octanol–water partition coefficient (Wildman–Crippen LogP) is 2.95. The molecular formula is C21H22N2O4. The van der Waals surface area contributed by atoms with Gasteiger partial charge in [-0.3, -0.25) is 9.59 Å². The van der Waals surface area contributed by atoms with Gasteiger partial charge in [0, 0.05) is 28.2 Å². The van der Waals surface area contributed by atoms with Gasteiger partial charge in [-0.1, -0.05) is 6.07 Å². The third-order valence-corrected chi connectivity index (χ3v) is 4.41. The minimum absolute atomic E-state index is 0.204. The average Bonchev–Trinajstić information content (AvgIpc) is 2.64. The smallest absolute Gasteiger partial charge is 0.258 e. The summed E-state index contributed by atoms with van der Waals surface area (Å²) in [5.41, 5.74) is 1.70. The number of hydrogen-bond acceptors (Lipinski definition) is 4. The number of pyridine rings is 1. The fourth-order valence-electron chi connectivity index (χ4n) is 3.06. The van der Waals surface area contributed by atoms with E-state index in [-0.39, 0.29) is 18.0 Å². The molecule has 0 fully saturated rings. The number of nitrogens with one attached hydrogen (secondary N) is 1. The van der Waals surface area contributed by atoms with Gasteiger partial charge in [0.1, 0.15) is 5.75 Å². The Hall–Kier alpha value is -3.12. The molecule has 0 bridgehead atoms. The molecule has 0 saturated heterocycles. The Morgan fingerprint density at radius 3 is 2.67 bits per heavy atom. The maximum absolute atomic E-state index is 12.7. The maximum atomic E-state index is 12.7. The molecule has 1 aromatic heterocycles. The van der Waals surface area contributed by atoms with Gasteiger partial charge < -0.3 is 19.7 Å². The van der Waals surface area contributed by atoms with Crippen LogP contribution in [0.2, 0.25) is 0 Å². The van der Waals surface area contributed by atoms with Crippen LogP contribution in [0.5, 0.6) is 5.75 Å². The van der Waals surface area contributed by atoms with Crippen LogP contribution in [-0.2, 0) is 6.54 Å². The summed E-state index contributed by atoms with van der Waals surface area (Å²) < 4.78 is 6.64. The van der Waals surface area contributed by atoms with Crippen molar-refractivity contribution in [3.63, 3.8) is 0 Å². The molecule has 0 aliphatic carbocycles. The minimum atomic E-state index is -0.624. The quantitative estimate of drug-likeness (QED) is 0.727. The summed E-state index contributed by atoms with van der Waals surface area (Å²) in [7, 11) is 1.58. The third-order valence-electron chi connectivity index (χ3n) is 4.41. The summed E-state index contributed by atoms with van der Waals surface area (Å²) in [6, 6.07) is 12.2. The maximum Gasteiger partial charge on any atom is 0.258 e. The van der Waals surface area contributed by atoms with Gasteiger partial charge in [-0.05, 0) is 55.8 Å². The van der Waals surface area contributed by atoms with Gasteiger partial charge in [-0.15, -0.1) is 0 Å². The number of nitrogens with zero attached hydrogens (tertiary/aromatic N) is 1. The number of fused-ring (bicyclic) bond motifs is 1. The second-order valence-corrected chi connectivity index (χ2v) is 6.52. The van der Waals surface area contributed by atoms with Gasteiger partial charge in [0.15, 0.2) is 0 Å². The van der Waals surface area contributed by atoms with Crippen molar-refractivity contribution in [2.75, 3.05) is 12.4 Å². The van der Waals surface area contributed by atoms with Crippen LogP contribution in [0.3, 0.4) is 0 Å². The number of hydrogen-bond donors (Lipinski definition) is 2. The van der Waals surface area contributed by atoms with Gasteiger partial charge in [-0.25, -0.2) is 0 Å². The van der Waals surface area contributed by atoms with Gasteiger partial charge in [0.05, 0.1) is 19.8 Å². The van der Waals surface area contributed by atoms with Gasteiger partial charge >= 0.3 is 0 Å². The molecule has 6 heteroatoms. The largest absolute Gasteiger partial charge is 0.497 e. The fourth-order valence-corrected chi connectivity index (χ4v) is 3.06. The number of amides is 1. The van der Waals surface area contributed by atoms with E-state index in [0.29, 0.717) is 27.8 Å². The predicted molar refractivity (Wildman–Crippen MR) is 106 cm³/mol. The molecule has 0 aliphatic heterocycles. The lowest BCUT2D eigenvalue weighted by atomic mass is 10.1. The molecule has 2 N–H and O–H groups in total. The Morgan fingerprint density at radius 1 is 1.22 bits per heavy atom. The molecule has 0 spiro atoms. The van der Waals surface area contributed by atoms with Crippen LogP contribution >= 0.6 is 0 Å². The van der Waals surface area contributed by atoms with Crippen LogP contribution < -0.4 is 15.6 Å². The Balaban J connectivity index is 1.97. The van der Waals surface area contributed by atoms with E-state index < -0.39 is 6.10 Å². The van der Waals surface area contributed by atoms with Crippen LogP contribution in [-0.4, -0.2) is 28.8 Å². The Labute approximate surface area is 157 Å². The number of aromatic nitrogens is 1. The molecule has 2 aromatic carbocycles. The van der Waals surface area contributed by atoms with Gasteiger partial charge in [0.2, 0.25) is 0 Å². The van der Waals surface area contributed by atoms with Crippen molar-refractivity contribution < 1.29 is 14.6 Å². The lowest BCUT2D eigenvalue weighted by Gasteiger charge is -2.13. The lowest BCUT2D eigenvalue weighted by molar-refractivity contribution is 0.102. The number of ether oxygens (including phenoxy) is 1. The highest BCUT2D eigenvalue weighted by atomic mass is 16.5.